The first-order valence-corrected chi connectivity index (χ1v) is 11.4. The van der Waals surface area contributed by atoms with Crippen molar-refractivity contribution in [3.8, 4) is 0 Å². The molecule has 2 aliphatic heterocycles. The van der Waals surface area contributed by atoms with Crippen molar-refractivity contribution in [3.63, 3.8) is 0 Å². The van der Waals surface area contributed by atoms with Gasteiger partial charge in [0.1, 0.15) is 0 Å². The molecule has 0 atom stereocenters. The maximum atomic E-state index is 12.9. The summed E-state index contributed by atoms with van der Waals surface area (Å²) in [6, 6.07) is 16.4. The third-order valence-corrected chi connectivity index (χ3v) is 6.23. The minimum absolute atomic E-state index is 0.192. The summed E-state index contributed by atoms with van der Waals surface area (Å²) in [6.45, 7) is 7.68. The van der Waals surface area contributed by atoms with Gasteiger partial charge in [-0.1, -0.05) is 35.9 Å². The fourth-order valence-electron chi connectivity index (χ4n) is 4.32. The van der Waals surface area contributed by atoms with Crippen molar-refractivity contribution in [2.75, 3.05) is 75.9 Å². The van der Waals surface area contributed by atoms with Crippen molar-refractivity contribution in [1.82, 2.24) is 9.80 Å². The molecule has 2 aromatic rings. The quantitative estimate of drug-likeness (QED) is 0.687. The number of para-hydroxylation sites is 1. The van der Waals surface area contributed by atoms with Gasteiger partial charge in [-0.3, -0.25) is 9.69 Å². The van der Waals surface area contributed by atoms with Gasteiger partial charge in [0.05, 0.1) is 19.8 Å². The fourth-order valence-corrected chi connectivity index (χ4v) is 4.51. The van der Waals surface area contributed by atoms with Crippen LogP contribution in [0.25, 0.3) is 0 Å². The number of halogens is 1. The Labute approximate surface area is 189 Å². The molecule has 7 heteroatoms. The van der Waals surface area contributed by atoms with Gasteiger partial charge in [0.2, 0.25) is 5.91 Å². The number of anilines is 2. The Balaban J connectivity index is 1.30. The number of carbonyl (C=O) groups is 1. The Morgan fingerprint density at radius 2 is 1.71 bits per heavy atom. The van der Waals surface area contributed by atoms with Crippen LogP contribution in [-0.4, -0.2) is 81.8 Å². The van der Waals surface area contributed by atoms with Crippen LogP contribution in [0, 0.1) is 0 Å². The van der Waals surface area contributed by atoms with E-state index in [2.05, 4.69) is 45.0 Å². The zero-order chi connectivity index (χ0) is 21.6. The van der Waals surface area contributed by atoms with E-state index in [-0.39, 0.29) is 5.91 Å². The molecule has 31 heavy (non-hydrogen) atoms. The molecule has 0 unspecified atom stereocenters. The van der Waals surface area contributed by atoms with Gasteiger partial charge in [0.15, 0.2) is 0 Å². The third kappa shape index (κ3) is 5.70. The molecule has 4 rings (SSSR count). The SMILES string of the molecule is CN(CC(=O)N1CCN(c2cccc(Cl)c2)CC1)Cc1ccccc1N1CCOCC1. The van der Waals surface area contributed by atoms with E-state index in [1.54, 1.807) is 0 Å². The van der Waals surface area contributed by atoms with Crippen LogP contribution in [0.2, 0.25) is 5.02 Å². The number of rotatable bonds is 6. The summed E-state index contributed by atoms with van der Waals surface area (Å²) in [6.07, 6.45) is 0. The van der Waals surface area contributed by atoms with Gasteiger partial charge in [-0.15, -0.1) is 0 Å². The lowest BCUT2D eigenvalue weighted by Crippen LogP contribution is -2.51. The van der Waals surface area contributed by atoms with Crippen molar-refractivity contribution >= 4 is 28.9 Å². The topological polar surface area (TPSA) is 39.3 Å². The first-order chi connectivity index (χ1) is 15.1. The molecule has 2 aliphatic rings. The van der Waals surface area contributed by atoms with Gasteiger partial charge < -0.3 is 19.4 Å². The molecular formula is C24H31ClN4O2. The number of morpholine rings is 1. The highest BCUT2D eigenvalue weighted by atomic mass is 35.5. The Morgan fingerprint density at radius 3 is 2.45 bits per heavy atom. The molecule has 6 nitrogen and oxygen atoms in total. The molecule has 2 fully saturated rings. The number of benzene rings is 2. The minimum Gasteiger partial charge on any atom is -0.378 e. The maximum absolute atomic E-state index is 12.9. The number of amides is 1. The molecule has 2 heterocycles. The largest absolute Gasteiger partial charge is 0.378 e. The van der Waals surface area contributed by atoms with Crippen molar-refractivity contribution in [3.05, 3.63) is 59.1 Å². The monoisotopic (exact) mass is 442 g/mol. The van der Waals surface area contributed by atoms with Gasteiger partial charge in [0.25, 0.3) is 0 Å². The smallest absolute Gasteiger partial charge is 0.236 e. The molecule has 2 saturated heterocycles. The highest BCUT2D eigenvalue weighted by Gasteiger charge is 2.23. The van der Waals surface area contributed by atoms with Crippen LogP contribution in [0.5, 0.6) is 0 Å². The Morgan fingerprint density at radius 1 is 0.968 bits per heavy atom. The predicted octanol–water partition coefficient (Wildman–Crippen LogP) is 2.96. The van der Waals surface area contributed by atoms with E-state index < -0.39 is 0 Å². The Bertz CT molecular complexity index is 879. The van der Waals surface area contributed by atoms with Crippen LogP contribution in [0.15, 0.2) is 48.5 Å². The number of hydrogen-bond donors (Lipinski definition) is 0. The molecule has 166 valence electrons. The van der Waals surface area contributed by atoms with Crippen LogP contribution >= 0.6 is 11.6 Å². The summed E-state index contributed by atoms with van der Waals surface area (Å²) in [5.74, 6) is 0.192. The van der Waals surface area contributed by atoms with Gasteiger partial charge >= 0.3 is 0 Å². The molecule has 0 spiro atoms. The van der Waals surface area contributed by atoms with E-state index in [9.17, 15) is 4.79 Å². The van der Waals surface area contributed by atoms with E-state index >= 15 is 0 Å². The molecule has 0 bridgehead atoms. The van der Waals surface area contributed by atoms with Gasteiger partial charge in [-0.25, -0.2) is 0 Å². The predicted molar refractivity (Wildman–Crippen MR) is 126 cm³/mol. The van der Waals surface area contributed by atoms with Crippen LogP contribution in [0.4, 0.5) is 11.4 Å². The summed E-state index contributed by atoms with van der Waals surface area (Å²) < 4.78 is 5.49. The maximum Gasteiger partial charge on any atom is 0.236 e. The summed E-state index contributed by atoms with van der Waals surface area (Å²) in [5, 5.41) is 0.745. The molecule has 1 amide bonds. The summed E-state index contributed by atoms with van der Waals surface area (Å²) in [4.78, 5) is 21.7. The number of likely N-dealkylation sites (N-methyl/N-ethyl adjacent to an activating group) is 1. The lowest BCUT2D eigenvalue weighted by Gasteiger charge is -2.37. The number of piperazine rings is 1. The number of ether oxygens (including phenoxy) is 1. The van der Waals surface area contributed by atoms with Gasteiger partial charge in [0, 0.05) is 62.2 Å². The van der Waals surface area contributed by atoms with Crippen molar-refractivity contribution < 1.29 is 9.53 Å². The molecule has 2 aromatic carbocycles. The third-order valence-electron chi connectivity index (χ3n) is 5.99. The molecular weight excluding hydrogens is 412 g/mol. The summed E-state index contributed by atoms with van der Waals surface area (Å²) in [7, 11) is 2.02. The summed E-state index contributed by atoms with van der Waals surface area (Å²) in [5.41, 5.74) is 3.63. The van der Waals surface area contributed by atoms with Crippen LogP contribution in [-0.2, 0) is 16.1 Å². The van der Waals surface area contributed by atoms with E-state index in [4.69, 9.17) is 16.3 Å². The lowest BCUT2D eigenvalue weighted by molar-refractivity contribution is -0.132. The first kappa shape index (κ1) is 21.9. The second-order valence-corrected chi connectivity index (χ2v) is 8.68. The van der Waals surface area contributed by atoms with E-state index in [1.165, 1.54) is 11.3 Å². The van der Waals surface area contributed by atoms with Crippen LogP contribution in [0.3, 0.4) is 0 Å². The minimum atomic E-state index is 0.192. The normalized spacial score (nSPS) is 17.3. The Kier molecular flexibility index (Phi) is 7.33. The first-order valence-electron chi connectivity index (χ1n) is 11.0. The average molecular weight is 443 g/mol. The van der Waals surface area contributed by atoms with Gasteiger partial charge in [-0.2, -0.15) is 0 Å². The van der Waals surface area contributed by atoms with Crippen molar-refractivity contribution in [1.29, 1.82) is 0 Å². The standard InChI is InChI=1S/C24H31ClN4O2/c1-26(18-20-5-2-3-8-23(20)28-13-15-31-16-14-28)19-24(30)29-11-9-27(10-12-29)22-7-4-6-21(25)17-22/h2-8,17H,9-16,18-19H2,1H3. The molecule has 0 saturated carbocycles. The molecule has 0 radical (unpaired) electrons. The number of hydrogen-bond acceptors (Lipinski definition) is 5. The summed E-state index contributed by atoms with van der Waals surface area (Å²) >= 11 is 6.12. The molecule has 0 aromatic heterocycles. The Hall–Kier alpha value is -2.28. The second kappa shape index (κ2) is 10.4. The zero-order valence-corrected chi connectivity index (χ0v) is 18.9. The number of nitrogens with zero attached hydrogens (tertiary/aromatic N) is 4. The fraction of sp³-hybridized carbons (Fsp3) is 0.458. The average Bonchev–Trinajstić information content (AvgIpc) is 2.80. The lowest BCUT2D eigenvalue weighted by atomic mass is 10.1. The van der Waals surface area contributed by atoms with Crippen molar-refractivity contribution in [2.24, 2.45) is 0 Å². The van der Waals surface area contributed by atoms with Crippen LogP contribution < -0.4 is 9.80 Å². The molecule has 0 N–H and O–H groups in total. The van der Waals surface area contributed by atoms with E-state index in [0.29, 0.717) is 6.54 Å². The highest BCUT2D eigenvalue weighted by Crippen LogP contribution is 2.23. The van der Waals surface area contributed by atoms with Crippen LogP contribution in [0.1, 0.15) is 5.56 Å². The highest BCUT2D eigenvalue weighted by molar-refractivity contribution is 6.30. The van der Waals surface area contributed by atoms with Crippen molar-refractivity contribution in [2.45, 2.75) is 6.54 Å². The van der Waals surface area contributed by atoms with E-state index in [1.807, 2.05) is 30.1 Å². The molecule has 0 aliphatic carbocycles. The zero-order valence-electron chi connectivity index (χ0n) is 18.2. The second-order valence-electron chi connectivity index (χ2n) is 8.25. The van der Waals surface area contributed by atoms with Gasteiger partial charge in [-0.05, 0) is 36.9 Å². The van der Waals surface area contributed by atoms with E-state index in [0.717, 1.165) is 69.7 Å². The number of carbonyl (C=O) groups excluding carboxylic acids is 1.